The Labute approximate surface area is 156 Å². The molecule has 0 fully saturated rings. The number of amides is 1. The van der Waals surface area contributed by atoms with Gasteiger partial charge in [0.1, 0.15) is 11.5 Å². The van der Waals surface area contributed by atoms with E-state index < -0.39 is 6.10 Å². The van der Waals surface area contributed by atoms with E-state index >= 15 is 0 Å². The maximum atomic E-state index is 12.8. The Bertz CT molecular complexity index is 725. The third kappa shape index (κ3) is 5.01. The Morgan fingerprint density at radius 1 is 1.04 bits per heavy atom. The van der Waals surface area contributed by atoms with Crippen molar-refractivity contribution in [1.29, 1.82) is 0 Å². The second-order valence-corrected chi connectivity index (χ2v) is 6.53. The van der Waals surface area contributed by atoms with Crippen LogP contribution in [-0.4, -0.2) is 19.1 Å². The number of carbonyl (C=O) groups is 1. The van der Waals surface area contributed by atoms with E-state index in [0.29, 0.717) is 6.42 Å². The monoisotopic (exact) mass is 355 g/mol. The predicted octanol–water partition coefficient (Wildman–Crippen LogP) is 4.74. The Morgan fingerprint density at radius 3 is 2.31 bits per heavy atom. The van der Waals surface area contributed by atoms with E-state index in [1.807, 2.05) is 63.2 Å². The fourth-order valence-electron chi connectivity index (χ4n) is 2.83. The van der Waals surface area contributed by atoms with Crippen LogP contribution in [0, 0.1) is 13.8 Å². The van der Waals surface area contributed by atoms with Crippen LogP contribution in [0.1, 0.15) is 49.4 Å². The maximum absolute atomic E-state index is 12.8. The molecule has 0 saturated heterocycles. The number of hydrogen-bond donors (Lipinski definition) is 1. The van der Waals surface area contributed by atoms with Crippen molar-refractivity contribution < 1.29 is 14.3 Å². The number of aryl methyl sites for hydroxylation is 2. The smallest absolute Gasteiger partial charge is 0.261 e. The lowest BCUT2D eigenvalue weighted by molar-refractivity contribution is -0.129. The lowest BCUT2D eigenvalue weighted by Gasteiger charge is -2.23. The Kier molecular flexibility index (Phi) is 7.07. The van der Waals surface area contributed by atoms with Crippen LogP contribution in [0.2, 0.25) is 0 Å². The van der Waals surface area contributed by atoms with Crippen LogP contribution in [0.5, 0.6) is 11.5 Å². The van der Waals surface area contributed by atoms with E-state index in [-0.39, 0.29) is 11.9 Å². The zero-order chi connectivity index (χ0) is 19.1. The zero-order valence-electron chi connectivity index (χ0n) is 16.3. The van der Waals surface area contributed by atoms with Crippen molar-refractivity contribution in [2.75, 3.05) is 7.11 Å². The first-order chi connectivity index (χ1) is 12.5. The summed E-state index contributed by atoms with van der Waals surface area (Å²) in [5.74, 6) is 1.49. The van der Waals surface area contributed by atoms with E-state index in [1.165, 1.54) is 0 Å². The van der Waals surface area contributed by atoms with Crippen LogP contribution < -0.4 is 14.8 Å². The van der Waals surface area contributed by atoms with Gasteiger partial charge in [-0.05, 0) is 61.6 Å². The molecule has 0 aromatic heterocycles. The molecule has 0 aliphatic rings. The van der Waals surface area contributed by atoms with Gasteiger partial charge in [-0.3, -0.25) is 4.79 Å². The first-order valence-corrected chi connectivity index (χ1v) is 9.16. The van der Waals surface area contributed by atoms with E-state index in [9.17, 15) is 4.79 Å². The van der Waals surface area contributed by atoms with Gasteiger partial charge in [0.05, 0.1) is 13.2 Å². The maximum Gasteiger partial charge on any atom is 0.261 e. The van der Waals surface area contributed by atoms with Crippen molar-refractivity contribution in [3.63, 3.8) is 0 Å². The Morgan fingerprint density at radius 2 is 1.73 bits per heavy atom. The molecular formula is C22H29NO3. The van der Waals surface area contributed by atoms with Crippen molar-refractivity contribution >= 4 is 5.91 Å². The minimum Gasteiger partial charge on any atom is -0.497 e. The quantitative estimate of drug-likeness (QED) is 0.744. The molecule has 1 amide bonds. The molecule has 2 aromatic rings. The van der Waals surface area contributed by atoms with E-state index in [2.05, 4.69) is 12.2 Å². The second kappa shape index (κ2) is 9.27. The molecule has 0 spiro atoms. The molecule has 0 radical (unpaired) electrons. The standard InChI is InChI=1S/C22H29NO3/c1-6-19(17-10-12-18(25-5)13-11-17)23-22(24)20(7-2)26-21-14-15(3)8-9-16(21)4/h8-14,19-20H,6-7H2,1-5H3,(H,23,24)/t19-,20+/m0/s1. The number of ether oxygens (including phenoxy) is 2. The summed E-state index contributed by atoms with van der Waals surface area (Å²) in [5.41, 5.74) is 3.21. The van der Waals surface area contributed by atoms with Crippen molar-refractivity contribution in [2.45, 2.75) is 52.7 Å². The highest BCUT2D eigenvalue weighted by molar-refractivity contribution is 5.81. The number of benzene rings is 2. The fraction of sp³-hybridized carbons (Fsp3) is 0.409. The van der Waals surface area contributed by atoms with Crippen LogP contribution in [0.15, 0.2) is 42.5 Å². The summed E-state index contributed by atoms with van der Waals surface area (Å²) in [5, 5.41) is 3.12. The van der Waals surface area contributed by atoms with Crippen LogP contribution in [0.4, 0.5) is 0 Å². The molecule has 2 aromatic carbocycles. The summed E-state index contributed by atoms with van der Waals surface area (Å²) in [6.45, 7) is 8.03. The largest absolute Gasteiger partial charge is 0.497 e. The SMILES string of the molecule is CC[C@H](NC(=O)[C@@H](CC)Oc1cc(C)ccc1C)c1ccc(OC)cc1. The molecule has 2 rings (SSSR count). The molecule has 0 heterocycles. The summed E-state index contributed by atoms with van der Waals surface area (Å²) in [6.07, 6.45) is 0.902. The molecule has 1 N–H and O–H groups in total. The average molecular weight is 355 g/mol. The summed E-state index contributed by atoms with van der Waals surface area (Å²) < 4.78 is 11.2. The van der Waals surface area contributed by atoms with Crippen molar-refractivity contribution in [2.24, 2.45) is 0 Å². The molecule has 0 aliphatic heterocycles. The molecule has 0 unspecified atom stereocenters. The van der Waals surface area contributed by atoms with Gasteiger partial charge in [0.25, 0.3) is 5.91 Å². The first-order valence-electron chi connectivity index (χ1n) is 9.16. The van der Waals surface area contributed by atoms with Crippen LogP contribution in [0.3, 0.4) is 0 Å². The Balaban J connectivity index is 2.09. The summed E-state index contributed by atoms with van der Waals surface area (Å²) in [6, 6.07) is 13.8. The van der Waals surface area contributed by atoms with Gasteiger partial charge in [-0.1, -0.05) is 38.1 Å². The zero-order valence-corrected chi connectivity index (χ0v) is 16.3. The van der Waals surface area contributed by atoms with Gasteiger partial charge in [0.2, 0.25) is 0 Å². The van der Waals surface area contributed by atoms with E-state index in [1.54, 1.807) is 7.11 Å². The average Bonchev–Trinajstić information content (AvgIpc) is 2.66. The topological polar surface area (TPSA) is 47.6 Å². The number of rotatable bonds is 8. The van der Waals surface area contributed by atoms with Gasteiger partial charge in [-0.2, -0.15) is 0 Å². The lowest BCUT2D eigenvalue weighted by atomic mass is 10.0. The summed E-state index contributed by atoms with van der Waals surface area (Å²) in [7, 11) is 1.64. The molecule has 0 saturated carbocycles. The van der Waals surface area contributed by atoms with Gasteiger partial charge < -0.3 is 14.8 Å². The fourth-order valence-corrected chi connectivity index (χ4v) is 2.83. The first kappa shape index (κ1) is 19.8. The Hall–Kier alpha value is -2.49. The number of hydrogen-bond acceptors (Lipinski definition) is 3. The van der Waals surface area contributed by atoms with Gasteiger partial charge in [-0.15, -0.1) is 0 Å². The highest BCUT2D eigenvalue weighted by Gasteiger charge is 2.22. The van der Waals surface area contributed by atoms with Crippen LogP contribution >= 0.6 is 0 Å². The molecule has 4 nitrogen and oxygen atoms in total. The van der Waals surface area contributed by atoms with Crippen molar-refractivity contribution in [3.8, 4) is 11.5 Å². The normalized spacial score (nSPS) is 13.0. The van der Waals surface area contributed by atoms with Crippen LogP contribution in [-0.2, 0) is 4.79 Å². The summed E-state index contributed by atoms with van der Waals surface area (Å²) in [4.78, 5) is 12.8. The molecular weight excluding hydrogens is 326 g/mol. The highest BCUT2D eigenvalue weighted by atomic mass is 16.5. The molecule has 2 atom stereocenters. The number of nitrogens with one attached hydrogen (secondary N) is 1. The second-order valence-electron chi connectivity index (χ2n) is 6.53. The molecule has 0 aliphatic carbocycles. The third-order valence-electron chi connectivity index (χ3n) is 4.52. The van der Waals surface area contributed by atoms with Gasteiger partial charge in [-0.25, -0.2) is 0 Å². The van der Waals surface area contributed by atoms with Gasteiger partial charge >= 0.3 is 0 Å². The molecule has 26 heavy (non-hydrogen) atoms. The summed E-state index contributed by atoms with van der Waals surface area (Å²) >= 11 is 0. The van der Waals surface area contributed by atoms with Gasteiger partial charge in [0, 0.05) is 0 Å². The molecule has 0 bridgehead atoms. The van der Waals surface area contributed by atoms with E-state index in [0.717, 1.165) is 34.6 Å². The van der Waals surface area contributed by atoms with Gasteiger partial charge in [0.15, 0.2) is 6.10 Å². The third-order valence-corrected chi connectivity index (χ3v) is 4.52. The minimum absolute atomic E-state index is 0.0512. The molecule has 4 heteroatoms. The lowest BCUT2D eigenvalue weighted by Crippen LogP contribution is -2.40. The number of methoxy groups -OCH3 is 1. The number of carbonyl (C=O) groups excluding carboxylic acids is 1. The van der Waals surface area contributed by atoms with Crippen molar-refractivity contribution in [1.82, 2.24) is 5.32 Å². The van der Waals surface area contributed by atoms with Crippen molar-refractivity contribution in [3.05, 3.63) is 59.2 Å². The van der Waals surface area contributed by atoms with E-state index in [4.69, 9.17) is 9.47 Å². The predicted molar refractivity (Wildman–Crippen MR) is 105 cm³/mol. The minimum atomic E-state index is -0.511. The highest BCUT2D eigenvalue weighted by Crippen LogP contribution is 2.23. The van der Waals surface area contributed by atoms with Crippen LogP contribution in [0.25, 0.3) is 0 Å². The molecule has 140 valence electrons.